The molecule has 0 saturated heterocycles. The molecule has 3 aliphatic heterocycles. The molecular weight excluding hydrogens is 644 g/mol. The van der Waals surface area contributed by atoms with Crippen LogP contribution in [0.1, 0.15) is 22.3 Å². The number of hydrogen-bond donors (Lipinski definition) is 3. The monoisotopic (exact) mass is 682 g/mol. The molecule has 1 amide bonds. The lowest BCUT2D eigenvalue weighted by Gasteiger charge is -2.28. The van der Waals surface area contributed by atoms with Crippen LogP contribution in [0, 0.1) is 10.1 Å². The summed E-state index contributed by atoms with van der Waals surface area (Å²) in [7, 11) is 1.23. The van der Waals surface area contributed by atoms with Gasteiger partial charge >= 0.3 is 5.97 Å². The van der Waals surface area contributed by atoms with Crippen molar-refractivity contribution >= 4 is 23.3 Å². The maximum atomic E-state index is 11.7. The summed E-state index contributed by atoms with van der Waals surface area (Å²) in [5, 5.41) is 20.8. The summed E-state index contributed by atoms with van der Waals surface area (Å²) in [6.07, 6.45) is -0.303. The van der Waals surface area contributed by atoms with Gasteiger partial charge in [-0.25, -0.2) is 0 Å². The average Bonchev–Trinajstić information content (AvgIpc) is 3.53. The molecule has 3 aliphatic rings. The van der Waals surface area contributed by atoms with Crippen LogP contribution in [0.4, 0.5) is 11.4 Å². The molecule has 2 unspecified atom stereocenters. The lowest BCUT2D eigenvalue weighted by Crippen LogP contribution is -2.38. The van der Waals surface area contributed by atoms with Crippen molar-refractivity contribution < 1.29 is 38.2 Å². The number of esters is 1. The van der Waals surface area contributed by atoms with Crippen LogP contribution in [0.5, 0.6) is 23.0 Å². The van der Waals surface area contributed by atoms with Gasteiger partial charge in [-0.05, 0) is 29.3 Å². The standard InChI is InChI=1S/C19H20N2O6.C18H18N2O3/c1-25-18(22)9-15-16(21(23)24)7-8-17-19(15)27-14(12-26-17)11-20-10-13-5-3-2-4-6-13;21-17-8-14-15(20-17)6-7-16-18(14)23-13(11-22-16)10-19-9-12-4-2-1-3-5-12/h2-8,14,20H,9-12H2,1H3;1-7,13,19H,8-11H2,(H,20,21). The number of methoxy groups -OCH3 is 1. The van der Waals surface area contributed by atoms with E-state index in [4.69, 9.17) is 18.9 Å². The molecule has 0 bridgehead atoms. The van der Waals surface area contributed by atoms with E-state index in [9.17, 15) is 19.7 Å². The number of carbonyl (C=O) groups excluding carboxylic acids is 2. The van der Waals surface area contributed by atoms with Crippen LogP contribution in [0.2, 0.25) is 0 Å². The van der Waals surface area contributed by atoms with Crippen molar-refractivity contribution in [2.45, 2.75) is 38.1 Å². The van der Waals surface area contributed by atoms with E-state index in [0.717, 1.165) is 29.1 Å². The van der Waals surface area contributed by atoms with Crippen LogP contribution in [-0.2, 0) is 40.3 Å². The molecule has 0 aliphatic carbocycles. The summed E-state index contributed by atoms with van der Waals surface area (Å²) in [4.78, 5) is 34.1. The molecule has 4 aromatic carbocycles. The first kappa shape index (κ1) is 34.2. The van der Waals surface area contributed by atoms with Gasteiger partial charge in [0.2, 0.25) is 5.91 Å². The predicted molar refractivity (Wildman–Crippen MR) is 184 cm³/mol. The zero-order valence-corrected chi connectivity index (χ0v) is 27.5. The highest BCUT2D eigenvalue weighted by Gasteiger charge is 2.31. The van der Waals surface area contributed by atoms with E-state index in [1.54, 1.807) is 0 Å². The molecular formula is C37H38N4O9. The number of nitro groups is 1. The Morgan fingerprint density at radius 3 is 1.98 bits per heavy atom. The lowest BCUT2D eigenvalue weighted by molar-refractivity contribution is -0.385. The van der Waals surface area contributed by atoms with Gasteiger partial charge in [-0.1, -0.05) is 60.7 Å². The number of nitro benzene ring substituents is 1. The maximum absolute atomic E-state index is 11.7. The number of carbonyl (C=O) groups is 2. The van der Waals surface area contributed by atoms with Crippen LogP contribution in [0.25, 0.3) is 0 Å². The normalized spacial score (nSPS) is 16.7. The van der Waals surface area contributed by atoms with Crippen LogP contribution in [0.15, 0.2) is 84.9 Å². The Morgan fingerprint density at radius 2 is 1.40 bits per heavy atom. The maximum Gasteiger partial charge on any atom is 0.310 e. The summed E-state index contributed by atoms with van der Waals surface area (Å²) < 4.78 is 28.2. The fourth-order valence-electron chi connectivity index (χ4n) is 5.81. The topological polar surface area (TPSA) is 160 Å². The third-order valence-corrected chi connectivity index (χ3v) is 8.29. The molecule has 0 fully saturated rings. The van der Waals surface area contributed by atoms with Crippen molar-refractivity contribution in [3.8, 4) is 23.0 Å². The summed E-state index contributed by atoms with van der Waals surface area (Å²) in [6.45, 7) is 3.46. The number of hydrogen-bond acceptors (Lipinski definition) is 11. The molecule has 0 radical (unpaired) electrons. The van der Waals surface area contributed by atoms with E-state index in [0.29, 0.717) is 50.8 Å². The molecule has 0 aromatic heterocycles. The highest BCUT2D eigenvalue weighted by Crippen LogP contribution is 2.42. The minimum Gasteiger partial charge on any atom is -0.486 e. The number of amides is 1. The third-order valence-electron chi connectivity index (χ3n) is 8.29. The Hall–Kier alpha value is -5.66. The molecule has 7 rings (SSSR count). The number of ether oxygens (including phenoxy) is 5. The third kappa shape index (κ3) is 8.49. The van der Waals surface area contributed by atoms with Crippen molar-refractivity contribution in [1.82, 2.24) is 10.6 Å². The van der Waals surface area contributed by atoms with Crippen LogP contribution in [-0.4, -0.2) is 62.4 Å². The second-order valence-corrected chi connectivity index (χ2v) is 11.9. The molecule has 3 N–H and O–H groups in total. The summed E-state index contributed by atoms with van der Waals surface area (Å²) in [6, 6.07) is 26.7. The molecule has 260 valence electrons. The van der Waals surface area contributed by atoms with E-state index in [1.807, 2.05) is 60.7 Å². The van der Waals surface area contributed by atoms with E-state index in [1.165, 1.54) is 24.8 Å². The van der Waals surface area contributed by atoms with Gasteiger partial charge in [0.05, 0.1) is 30.4 Å². The first-order chi connectivity index (χ1) is 24.4. The van der Waals surface area contributed by atoms with Gasteiger partial charge < -0.3 is 39.6 Å². The minimum atomic E-state index is -0.584. The number of nitrogens with one attached hydrogen (secondary N) is 3. The first-order valence-corrected chi connectivity index (χ1v) is 16.3. The van der Waals surface area contributed by atoms with E-state index in [2.05, 4.69) is 32.8 Å². The average molecular weight is 683 g/mol. The highest BCUT2D eigenvalue weighted by atomic mass is 16.6. The van der Waals surface area contributed by atoms with Crippen molar-refractivity contribution in [3.05, 3.63) is 117 Å². The van der Waals surface area contributed by atoms with Crippen molar-refractivity contribution in [2.24, 2.45) is 0 Å². The van der Waals surface area contributed by atoms with Gasteiger partial charge in [-0.3, -0.25) is 19.7 Å². The Labute approximate surface area is 289 Å². The van der Waals surface area contributed by atoms with Gasteiger partial charge in [-0.2, -0.15) is 0 Å². The Balaban J connectivity index is 0.000000175. The fourth-order valence-corrected chi connectivity index (χ4v) is 5.81. The van der Waals surface area contributed by atoms with E-state index in [-0.39, 0.29) is 41.5 Å². The number of anilines is 1. The van der Waals surface area contributed by atoms with Crippen LogP contribution >= 0.6 is 0 Å². The molecule has 3 heterocycles. The molecule has 4 aromatic rings. The molecule has 2 atom stereocenters. The molecule has 13 nitrogen and oxygen atoms in total. The van der Waals surface area contributed by atoms with Gasteiger partial charge in [0.25, 0.3) is 5.69 Å². The van der Waals surface area contributed by atoms with Crippen molar-refractivity contribution in [2.75, 3.05) is 38.7 Å². The lowest BCUT2D eigenvalue weighted by atomic mass is 10.1. The quantitative estimate of drug-likeness (QED) is 0.117. The van der Waals surface area contributed by atoms with Gasteiger partial charge in [0, 0.05) is 43.5 Å². The Bertz CT molecular complexity index is 1820. The zero-order chi connectivity index (χ0) is 34.9. The van der Waals surface area contributed by atoms with Crippen molar-refractivity contribution in [1.29, 1.82) is 0 Å². The minimum absolute atomic E-state index is 0.00123. The van der Waals surface area contributed by atoms with Crippen LogP contribution < -0.4 is 34.9 Å². The fraction of sp³-hybridized carbons (Fsp3) is 0.297. The highest BCUT2D eigenvalue weighted by molar-refractivity contribution is 6.00. The van der Waals surface area contributed by atoms with E-state index >= 15 is 0 Å². The SMILES string of the molecule is COC(=O)Cc1c([N+](=O)[O-])ccc2c1OC(CNCc1ccccc1)CO2.O=C1Cc2c(ccc3c2OC(CNCc2ccccc2)CO3)N1. The molecule has 0 spiro atoms. The number of benzene rings is 4. The number of rotatable bonds is 11. The van der Waals surface area contributed by atoms with Gasteiger partial charge in [0.1, 0.15) is 25.4 Å². The summed E-state index contributed by atoms with van der Waals surface area (Å²) in [5.41, 5.74) is 4.07. The van der Waals surface area contributed by atoms with Crippen molar-refractivity contribution in [3.63, 3.8) is 0 Å². The smallest absolute Gasteiger partial charge is 0.310 e. The number of nitrogens with zero attached hydrogens (tertiary/aromatic N) is 1. The Morgan fingerprint density at radius 1 is 0.840 bits per heavy atom. The summed E-state index contributed by atoms with van der Waals surface area (Å²) in [5.74, 6) is 1.46. The second-order valence-electron chi connectivity index (χ2n) is 11.9. The summed E-state index contributed by atoms with van der Waals surface area (Å²) >= 11 is 0. The largest absolute Gasteiger partial charge is 0.486 e. The zero-order valence-electron chi connectivity index (χ0n) is 27.5. The molecule has 50 heavy (non-hydrogen) atoms. The predicted octanol–water partition coefficient (Wildman–Crippen LogP) is 4.35. The first-order valence-electron chi connectivity index (χ1n) is 16.3. The molecule has 13 heteroatoms. The van der Waals surface area contributed by atoms with E-state index < -0.39 is 10.9 Å². The van der Waals surface area contributed by atoms with Crippen LogP contribution in [0.3, 0.4) is 0 Å². The van der Waals surface area contributed by atoms with Gasteiger partial charge in [-0.15, -0.1) is 0 Å². The number of fused-ring (bicyclic) bond motifs is 4. The Kier molecular flexibility index (Phi) is 11.1. The molecule has 0 saturated carbocycles. The second kappa shape index (κ2) is 16.2. The van der Waals surface area contributed by atoms with Gasteiger partial charge in [0.15, 0.2) is 23.0 Å².